The zero-order valence-electron chi connectivity index (χ0n) is 17.6. The lowest BCUT2D eigenvalue weighted by Crippen LogP contribution is -2.47. The molecular formula is C22H16F3N5O3S. The van der Waals surface area contributed by atoms with Gasteiger partial charge in [-0.1, -0.05) is 6.08 Å². The van der Waals surface area contributed by atoms with Crippen LogP contribution in [0.25, 0.3) is 28.1 Å². The second-order valence-electron chi connectivity index (χ2n) is 7.93. The second kappa shape index (κ2) is 7.41. The molecule has 0 spiro atoms. The fraction of sp³-hybridized carbons (Fsp3) is 0.227. The second-order valence-corrected chi connectivity index (χ2v) is 9.61. The van der Waals surface area contributed by atoms with E-state index in [9.17, 15) is 26.9 Å². The molecule has 0 amide bonds. The molecular weight excluding hydrogens is 471 g/mol. The summed E-state index contributed by atoms with van der Waals surface area (Å²) in [5.41, 5.74) is -0.342. The zero-order valence-corrected chi connectivity index (χ0v) is 18.4. The molecule has 5 rings (SSSR count). The molecule has 12 heteroatoms. The highest BCUT2D eigenvalue weighted by Crippen LogP contribution is 2.49. The topological polar surface area (TPSA) is 110 Å². The standard InChI is InChI=1S/C22H16F3N5O3S/c1-33-14-9-16-17(10-26)19(30(13-3-2-4-13)20(16)28-11-14)18-6-5-15(12-27-18)34(31,32)29-21(7-8-21)22(23,24)25/h2-6,9,11-12,29H,7-8H2,1H3. The van der Waals surface area contributed by atoms with Crippen LogP contribution in [0.1, 0.15) is 18.4 Å². The quantitative estimate of drug-likeness (QED) is 0.567. The van der Waals surface area contributed by atoms with E-state index in [0.29, 0.717) is 22.5 Å². The van der Waals surface area contributed by atoms with Crippen molar-refractivity contribution in [1.29, 1.82) is 5.26 Å². The first kappa shape index (κ1) is 22.1. The molecule has 1 fully saturated rings. The number of ether oxygens (including phenoxy) is 1. The third-order valence-electron chi connectivity index (χ3n) is 5.83. The van der Waals surface area contributed by atoms with Crippen molar-refractivity contribution in [3.8, 4) is 23.2 Å². The molecule has 34 heavy (non-hydrogen) atoms. The Morgan fingerprint density at radius 3 is 2.47 bits per heavy atom. The fourth-order valence-corrected chi connectivity index (χ4v) is 5.15. The number of rotatable bonds is 6. The van der Waals surface area contributed by atoms with Gasteiger partial charge in [-0.3, -0.25) is 9.55 Å². The molecule has 2 aliphatic carbocycles. The van der Waals surface area contributed by atoms with Gasteiger partial charge in [-0.2, -0.15) is 23.2 Å². The highest BCUT2D eigenvalue weighted by molar-refractivity contribution is 7.89. The number of sulfonamides is 1. The Hall–Kier alpha value is -3.69. The summed E-state index contributed by atoms with van der Waals surface area (Å²) in [5, 5.41) is 10.4. The van der Waals surface area contributed by atoms with Crippen LogP contribution in [0.5, 0.6) is 5.75 Å². The van der Waals surface area contributed by atoms with Gasteiger partial charge in [0.05, 0.1) is 30.3 Å². The van der Waals surface area contributed by atoms with Crippen LogP contribution in [-0.4, -0.2) is 41.8 Å². The number of pyridine rings is 2. The third-order valence-corrected chi connectivity index (χ3v) is 7.36. The molecule has 3 aromatic rings. The van der Waals surface area contributed by atoms with Gasteiger partial charge in [0.25, 0.3) is 0 Å². The summed E-state index contributed by atoms with van der Waals surface area (Å²) in [6, 6.07) is 6.34. The minimum atomic E-state index is -4.69. The average molecular weight is 487 g/mol. The number of methoxy groups -OCH3 is 1. The molecule has 0 unspecified atom stereocenters. The Morgan fingerprint density at radius 2 is 1.97 bits per heavy atom. The van der Waals surface area contributed by atoms with Gasteiger partial charge in [0, 0.05) is 17.3 Å². The fourth-order valence-electron chi connectivity index (χ4n) is 3.76. The van der Waals surface area contributed by atoms with E-state index in [-0.39, 0.29) is 24.1 Å². The van der Waals surface area contributed by atoms with Crippen molar-refractivity contribution in [3.63, 3.8) is 0 Å². The summed E-state index contributed by atoms with van der Waals surface area (Å²) in [4.78, 5) is 8.19. The van der Waals surface area contributed by atoms with E-state index < -0.39 is 26.6 Å². The van der Waals surface area contributed by atoms with Crippen LogP contribution in [0.4, 0.5) is 13.2 Å². The van der Waals surface area contributed by atoms with Crippen molar-refractivity contribution in [2.24, 2.45) is 0 Å². The minimum Gasteiger partial charge on any atom is -0.495 e. The molecule has 0 bridgehead atoms. The van der Waals surface area contributed by atoms with Crippen LogP contribution in [-0.2, 0) is 10.0 Å². The van der Waals surface area contributed by atoms with Crippen molar-refractivity contribution >= 4 is 26.8 Å². The predicted octanol–water partition coefficient (Wildman–Crippen LogP) is 3.76. The van der Waals surface area contributed by atoms with Crippen LogP contribution < -0.4 is 9.46 Å². The van der Waals surface area contributed by atoms with Gasteiger partial charge in [-0.25, -0.2) is 13.4 Å². The summed E-state index contributed by atoms with van der Waals surface area (Å²) in [5.74, 6) is 0.449. The van der Waals surface area contributed by atoms with Crippen molar-refractivity contribution in [3.05, 3.63) is 54.4 Å². The van der Waals surface area contributed by atoms with Crippen LogP contribution in [0.3, 0.4) is 0 Å². The first-order valence-electron chi connectivity index (χ1n) is 10.0. The molecule has 0 aromatic carbocycles. The smallest absolute Gasteiger partial charge is 0.407 e. The Bertz CT molecular complexity index is 1530. The van der Waals surface area contributed by atoms with Crippen LogP contribution >= 0.6 is 0 Å². The van der Waals surface area contributed by atoms with Crippen molar-refractivity contribution < 1.29 is 26.3 Å². The number of aromatic nitrogens is 3. The number of nitrogens with zero attached hydrogens (tertiary/aromatic N) is 4. The zero-order chi connectivity index (χ0) is 24.3. The van der Waals surface area contributed by atoms with E-state index >= 15 is 0 Å². The lowest BCUT2D eigenvalue weighted by atomic mass is 10.1. The lowest BCUT2D eigenvalue weighted by molar-refractivity contribution is -0.160. The average Bonchev–Trinajstić information content (AvgIpc) is 3.48. The van der Waals surface area contributed by atoms with Crippen molar-refractivity contribution in [2.75, 3.05) is 7.11 Å². The Kier molecular flexibility index (Phi) is 4.82. The van der Waals surface area contributed by atoms with Gasteiger partial charge < -0.3 is 4.74 Å². The third kappa shape index (κ3) is 3.36. The highest BCUT2D eigenvalue weighted by Gasteiger charge is 2.65. The van der Waals surface area contributed by atoms with E-state index in [1.807, 2.05) is 18.2 Å². The Morgan fingerprint density at radius 1 is 1.24 bits per heavy atom. The van der Waals surface area contributed by atoms with E-state index in [0.717, 1.165) is 11.9 Å². The highest BCUT2D eigenvalue weighted by atomic mass is 32.2. The number of halogens is 3. The van der Waals surface area contributed by atoms with Gasteiger partial charge >= 0.3 is 6.18 Å². The minimum absolute atomic E-state index is 0.248. The summed E-state index contributed by atoms with van der Waals surface area (Å²) < 4.78 is 73.6. The molecule has 1 N–H and O–H groups in total. The molecule has 1 saturated carbocycles. The number of fused-ring (bicyclic) bond motifs is 1. The van der Waals surface area contributed by atoms with Crippen LogP contribution in [0, 0.1) is 11.3 Å². The normalized spacial score (nSPS) is 16.6. The van der Waals surface area contributed by atoms with E-state index in [4.69, 9.17) is 4.74 Å². The van der Waals surface area contributed by atoms with Gasteiger partial charge in [-0.15, -0.1) is 0 Å². The molecule has 0 radical (unpaired) electrons. The van der Waals surface area contributed by atoms with Gasteiger partial charge in [0.2, 0.25) is 10.0 Å². The Balaban J connectivity index is 1.59. The van der Waals surface area contributed by atoms with Crippen LogP contribution in [0.2, 0.25) is 0 Å². The molecule has 174 valence electrons. The van der Waals surface area contributed by atoms with E-state index in [1.54, 1.807) is 15.4 Å². The first-order chi connectivity index (χ1) is 16.1. The monoisotopic (exact) mass is 487 g/mol. The van der Waals surface area contributed by atoms with E-state index in [2.05, 4.69) is 16.0 Å². The van der Waals surface area contributed by atoms with Crippen molar-refractivity contribution in [1.82, 2.24) is 19.3 Å². The maximum Gasteiger partial charge on any atom is 0.407 e. The number of alkyl halides is 3. The molecule has 0 atom stereocenters. The number of allylic oxidation sites excluding steroid dienone is 4. The molecule has 3 heterocycles. The predicted molar refractivity (Wildman–Crippen MR) is 116 cm³/mol. The maximum absolute atomic E-state index is 13.2. The largest absolute Gasteiger partial charge is 0.495 e. The van der Waals surface area contributed by atoms with E-state index in [1.165, 1.54) is 25.4 Å². The summed E-state index contributed by atoms with van der Waals surface area (Å²) >= 11 is 0. The van der Waals surface area contributed by atoms with Crippen molar-refractivity contribution in [2.45, 2.75) is 29.5 Å². The summed E-state index contributed by atoms with van der Waals surface area (Å²) in [6.07, 6.45) is 2.60. The van der Waals surface area contributed by atoms with Gasteiger partial charge in [-0.05, 0) is 43.2 Å². The number of nitrogens with one attached hydrogen (secondary N) is 1. The number of nitriles is 1. The maximum atomic E-state index is 13.2. The molecule has 0 saturated heterocycles. The lowest BCUT2D eigenvalue weighted by Gasteiger charge is -2.20. The first-order valence-corrected chi connectivity index (χ1v) is 11.5. The molecule has 0 aliphatic heterocycles. The number of hydrogen-bond acceptors (Lipinski definition) is 6. The Labute approximate surface area is 192 Å². The van der Waals surface area contributed by atoms with Crippen LogP contribution in [0.15, 0.2) is 53.7 Å². The summed E-state index contributed by atoms with van der Waals surface area (Å²) in [6.45, 7) is 0. The SMILES string of the molecule is COc1cnc2c(c1)c(C#N)c(-c1ccc(S(=O)(=O)NC3(C(F)(F)F)CC3)cn1)n2C1=CC=C1. The molecule has 2 aliphatic rings. The van der Waals surface area contributed by atoms with Gasteiger partial charge in [0.15, 0.2) is 0 Å². The number of hydrogen-bond donors (Lipinski definition) is 1. The summed E-state index contributed by atoms with van der Waals surface area (Å²) in [7, 11) is -2.99. The molecule has 8 nitrogen and oxygen atoms in total. The van der Waals surface area contributed by atoms with Gasteiger partial charge in [0.1, 0.15) is 27.9 Å². The molecule has 3 aromatic heterocycles.